The number of aromatic nitrogens is 1. The van der Waals surface area contributed by atoms with Gasteiger partial charge in [-0.05, 0) is 0 Å². The minimum atomic E-state index is -4.26. The van der Waals surface area contributed by atoms with Crippen LogP contribution in [-0.4, -0.2) is 37.8 Å². The number of ether oxygens (including phenoxy) is 1. The van der Waals surface area contributed by atoms with E-state index in [2.05, 4.69) is 9.72 Å². The van der Waals surface area contributed by atoms with Gasteiger partial charge in [0.15, 0.2) is 5.13 Å². The Morgan fingerprint density at radius 1 is 1.56 bits per heavy atom. The van der Waals surface area contributed by atoms with Gasteiger partial charge in [0.25, 0.3) is 0 Å². The molecule has 0 spiro atoms. The smallest absolute Gasteiger partial charge is 0.405 e. The Hall–Kier alpha value is -1.31. The number of thiazole rings is 1. The van der Waals surface area contributed by atoms with E-state index in [-0.39, 0.29) is 17.5 Å². The van der Waals surface area contributed by atoms with E-state index >= 15 is 0 Å². The third-order valence-corrected chi connectivity index (χ3v) is 3.10. The van der Waals surface area contributed by atoms with Gasteiger partial charge < -0.3 is 9.64 Å². The Labute approximate surface area is 106 Å². The Morgan fingerprint density at radius 3 is 2.78 bits per heavy atom. The van der Waals surface area contributed by atoms with Gasteiger partial charge in [-0.3, -0.25) is 4.79 Å². The summed E-state index contributed by atoms with van der Waals surface area (Å²) in [6, 6.07) is 0. The van der Waals surface area contributed by atoms with Crippen LogP contribution < -0.4 is 4.90 Å². The average Bonchev–Trinajstić information content (AvgIpc) is 2.72. The van der Waals surface area contributed by atoms with Gasteiger partial charge in [-0.1, -0.05) is 0 Å². The molecule has 1 aromatic rings. The fourth-order valence-corrected chi connectivity index (χ4v) is 2.08. The highest BCUT2D eigenvalue weighted by Crippen LogP contribution is 2.24. The second kappa shape index (κ2) is 6.03. The number of hydrogen-bond donors (Lipinski definition) is 0. The van der Waals surface area contributed by atoms with Gasteiger partial charge in [-0.15, -0.1) is 11.3 Å². The van der Waals surface area contributed by atoms with Crippen molar-refractivity contribution in [1.82, 2.24) is 4.98 Å². The topological polar surface area (TPSA) is 42.4 Å². The summed E-state index contributed by atoms with van der Waals surface area (Å²) in [5.74, 6) is -0.367. The molecule has 0 atom stereocenters. The van der Waals surface area contributed by atoms with Crippen LogP contribution in [0.3, 0.4) is 0 Å². The molecule has 0 fully saturated rings. The first-order valence-electron chi connectivity index (χ1n) is 5.11. The predicted molar refractivity (Wildman–Crippen MR) is 61.8 cm³/mol. The Morgan fingerprint density at radius 2 is 2.22 bits per heavy atom. The van der Waals surface area contributed by atoms with Crippen LogP contribution >= 0.6 is 11.3 Å². The molecule has 0 bridgehead atoms. The van der Waals surface area contributed by atoms with Crippen LogP contribution in [0.15, 0.2) is 5.38 Å². The van der Waals surface area contributed by atoms with Crippen molar-refractivity contribution >= 4 is 22.4 Å². The molecule has 0 N–H and O–H groups in total. The molecular weight excluding hydrogens is 269 g/mol. The zero-order chi connectivity index (χ0) is 13.8. The van der Waals surface area contributed by atoms with Gasteiger partial charge in [0.1, 0.15) is 6.54 Å². The van der Waals surface area contributed by atoms with Crippen LogP contribution in [-0.2, 0) is 16.0 Å². The average molecular weight is 282 g/mol. The summed E-state index contributed by atoms with van der Waals surface area (Å²) in [6.45, 7) is -1.04. The van der Waals surface area contributed by atoms with E-state index in [0.717, 1.165) is 16.2 Å². The lowest BCUT2D eigenvalue weighted by molar-refractivity contribution is -0.140. The van der Waals surface area contributed by atoms with Gasteiger partial charge in [0.05, 0.1) is 19.2 Å². The molecule has 18 heavy (non-hydrogen) atoms. The molecule has 0 saturated heterocycles. The Bertz CT molecular complexity index is 406. The van der Waals surface area contributed by atoms with Gasteiger partial charge >= 0.3 is 12.1 Å². The first-order chi connectivity index (χ1) is 8.31. The van der Waals surface area contributed by atoms with E-state index in [0.29, 0.717) is 12.1 Å². The van der Waals surface area contributed by atoms with E-state index in [9.17, 15) is 18.0 Å². The molecule has 0 unspecified atom stereocenters. The molecule has 0 amide bonds. The molecule has 8 heteroatoms. The minimum Gasteiger partial charge on any atom is -0.469 e. The van der Waals surface area contributed by atoms with Crippen LogP contribution in [0.1, 0.15) is 12.1 Å². The third kappa shape index (κ3) is 4.91. The SMILES string of the molecule is COC(=O)CCc1csc(N(C)CC(F)(F)F)n1. The standard InChI is InChI=1S/C10H13F3N2O2S/c1-15(6-10(11,12)13)9-14-7(5-18-9)3-4-8(16)17-2/h5H,3-4,6H2,1-2H3. The molecule has 0 aliphatic rings. The van der Waals surface area contributed by atoms with E-state index in [1.807, 2.05) is 0 Å². The highest BCUT2D eigenvalue weighted by atomic mass is 32.1. The van der Waals surface area contributed by atoms with Crippen LogP contribution in [0, 0.1) is 0 Å². The highest BCUT2D eigenvalue weighted by molar-refractivity contribution is 7.13. The number of hydrogen-bond acceptors (Lipinski definition) is 5. The van der Waals surface area contributed by atoms with E-state index in [4.69, 9.17) is 0 Å². The maximum absolute atomic E-state index is 12.2. The molecule has 1 rings (SSSR count). The summed E-state index contributed by atoms with van der Waals surface area (Å²) in [6.07, 6.45) is -3.72. The van der Waals surface area contributed by atoms with Crippen molar-refractivity contribution in [2.75, 3.05) is 25.6 Å². The minimum absolute atomic E-state index is 0.169. The zero-order valence-corrected chi connectivity index (χ0v) is 10.8. The monoisotopic (exact) mass is 282 g/mol. The number of halogens is 3. The fourth-order valence-electron chi connectivity index (χ4n) is 1.26. The molecule has 0 saturated carbocycles. The molecular formula is C10H13F3N2O2S. The van der Waals surface area contributed by atoms with Crippen LogP contribution in [0.4, 0.5) is 18.3 Å². The fraction of sp³-hybridized carbons (Fsp3) is 0.600. The number of anilines is 1. The summed E-state index contributed by atoms with van der Waals surface area (Å²) in [5, 5.41) is 1.93. The van der Waals surface area contributed by atoms with Crippen molar-refractivity contribution < 1.29 is 22.7 Å². The van der Waals surface area contributed by atoms with Crippen molar-refractivity contribution in [3.63, 3.8) is 0 Å². The third-order valence-electron chi connectivity index (χ3n) is 2.10. The Balaban J connectivity index is 2.55. The number of rotatable bonds is 5. The number of carbonyl (C=O) groups is 1. The quantitative estimate of drug-likeness (QED) is 0.777. The molecule has 1 aromatic heterocycles. The summed E-state index contributed by atoms with van der Waals surface area (Å²) < 4.78 is 41.0. The normalized spacial score (nSPS) is 11.4. The molecule has 1 heterocycles. The first-order valence-corrected chi connectivity index (χ1v) is 5.99. The number of methoxy groups -OCH3 is 1. The number of carbonyl (C=O) groups excluding carboxylic acids is 1. The van der Waals surface area contributed by atoms with Crippen molar-refractivity contribution in [2.24, 2.45) is 0 Å². The summed E-state index contributed by atoms with van der Waals surface area (Å²) in [5.41, 5.74) is 0.592. The van der Waals surface area contributed by atoms with E-state index < -0.39 is 12.7 Å². The van der Waals surface area contributed by atoms with Crippen molar-refractivity contribution in [3.05, 3.63) is 11.1 Å². The van der Waals surface area contributed by atoms with Crippen LogP contribution in [0.25, 0.3) is 0 Å². The summed E-state index contributed by atoms with van der Waals surface area (Å²) >= 11 is 1.12. The lowest BCUT2D eigenvalue weighted by Gasteiger charge is -2.17. The Kier molecular flexibility index (Phi) is 4.94. The molecule has 0 radical (unpaired) electrons. The van der Waals surface area contributed by atoms with Crippen molar-refractivity contribution in [1.29, 1.82) is 0 Å². The second-order valence-electron chi connectivity index (χ2n) is 3.67. The zero-order valence-electron chi connectivity index (χ0n) is 9.95. The van der Waals surface area contributed by atoms with Crippen molar-refractivity contribution in [2.45, 2.75) is 19.0 Å². The second-order valence-corrected chi connectivity index (χ2v) is 4.51. The molecule has 0 aliphatic heterocycles. The largest absolute Gasteiger partial charge is 0.469 e. The van der Waals surface area contributed by atoms with Crippen molar-refractivity contribution in [3.8, 4) is 0 Å². The summed E-state index contributed by atoms with van der Waals surface area (Å²) in [7, 11) is 2.61. The van der Waals surface area contributed by atoms with Gasteiger partial charge in [-0.2, -0.15) is 13.2 Å². The van der Waals surface area contributed by atoms with Crippen LogP contribution in [0.2, 0.25) is 0 Å². The molecule has 0 aliphatic carbocycles. The lowest BCUT2D eigenvalue weighted by Crippen LogP contribution is -2.30. The lowest BCUT2D eigenvalue weighted by atomic mass is 10.2. The number of esters is 1. The maximum Gasteiger partial charge on any atom is 0.405 e. The highest BCUT2D eigenvalue weighted by Gasteiger charge is 2.30. The maximum atomic E-state index is 12.2. The predicted octanol–water partition coefficient (Wildman–Crippen LogP) is 2.25. The van der Waals surface area contributed by atoms with Crippen LogP contribution in [0.5, 0.6) is 0 Å². The molecule has 102 valence electrons. The summed E-state index contributed by atoms with van der Waals surface area (Å²) in [4.78, 5) is 16.0. The van der Waals surface area contributed by atoms with Gasteiger partial charge in [-0.25, -0.2) is 4.98 Å². The number of nitrogens with zero attached hydrogens (tertiary/aromatic N) is 2. The number of alkyl halides is 3. The van der Waals surface area contributed by atoms with Gasteiger partial charge in [0, 0.05) is 18.8 Å². The molecule has 4 nitrogen and oxygen atoms in total. The van der Waals surface area contributed by atoms with E-state index in [1.165, 1.54) is 14.2 Å². The van der Waals surface area contributed by atoms with Gasteiger partial charge in [0.2, 0.25) is 0 Å². The molecule has 0 aromatic carbocycles. The number of aryl methyl sites for hydroxylation is 1. The first kappa shape index (κ1) is 14.7. The van der Waals surface area contributed by atoms with E-state index in [1.54, 1.807) is 5.38 Å².